The first kappa shape index (κ1) is 19.7. The zero-order valence-electron chi connectivity index (χ0n) is 15.7. The maximum Gasteiger partial charge on any atom is 0.192 e. The number of allylic oxidation sites excluding steroid dienone is 3. The molecule has 0 spiro atoms. The van der Waals surface area contributed by atoms with E-state index >= 15 is 0 Å². The molecule has 0 bridgehead atoms. The molecule has 1 rings (SSSR count). The van der Waals surface area contributed by atoms with Crippen molar-refractivity contribution in [2.45, 2.75) is 103 Å². The molecule has 0 saturated carbocycles. The van der Waals surface area contributed by atoms with E-state index in [1.54, 1.807) is 5.57 Å². The highest BCUT2D eigenvalue weighted by Gasteiger charge is 2.38. The number of rotatable bonds is 5. The Hall–Kier alpha value is -0.343. The van der Waals surface area contributed by atoms with E-state index in [0.717, 1.165) is 6.42 Å². The Morgan fingerprint density at radius 3 is 2.55 bits per heavy atom. The highest BCUT2D eigenvalue weighted by molar-refractivity contribution is 6.74. The Balaban J connectivity index is 2.55. The fraction of sp³-hybridized carbons (Fsp3) is 0.800. The van der Waals surface area contributed by atoms with Crippen LogP contribution in [-0.4, -0.2) is 14.4 Å². The Labute approximate surface area is 140 Å². The third-order valence-corrected chi connectivity index (χ3v) is 9.91. The van der Waals surface area contributed by atoms with Crippen LogP contribution in [0.25, 0.3) is 0 Å². The normalized spacial score (nSPS) is 24.4. The molecule has 0 amide bonds. The van der Waals surface area contributed by atoms with E-state index < -0.39 is 8.32 Å². The molecule has 0 aromatic carbocycles. The van der Waals surface area contributed by atoms with Crippen LogP contribution in [0.2, 0.25) is 18.1 Å². The lowest BCUT2D eigenvalue weighted by molar-refractivity contribution is 0.155. The minimum Gasteiger partial charge on any atom is -0.414 e. The van der Waals surface area contributed by atoms with E-state index in [-0.39, 0.29) is 0 Å². The van der Waals surface area contributed by atoms with Gasteiger partial charge < -0.3 is 4.43 Å². The average Bonchev–Trinajstić information content (AvgIpc) is 2.42. The first-order valence-corrected chi connectivity index (χ1v) is 12.1. The van der Waals surface area contributed by atoms with E-state index in [2.05, 4.69) is 46.5 Å². The van der Waals surface area contributed by atoms with Gasteiger partial charge in [0.15, 0.2) is 8.32 Å². The number of hydrogen-bond donors (Lipinski definition) is 0. The average molecular weight is 323 g/mol. The summed E-state index contributed by atoms with van der Waals surface area (Å²) in [5, 5.41) is 0.320. The lowest BCUT2D eigenvalue weighted by Crippen LogP contribution is -2.44. The summed E-state index contributed by atoms with van der Waals surface area (Å²) < 4.78 is 6.67. The second-order valence-electron chi connectivity index (χ2n) is 8.37. The summed E-state index contributed by atoms with van der Waals surface area (Å²) >= 11 is 0. The molecule has 128 valence electrons. The molecule has 2 heteroatoms. The third-order valence-electron chi connectivity index (χ3n) is 5.37. The molecule has 0 aromatic heterocycles. The summed E-state index contributed by atoms with van der Waals surface area (Å²) in [5.41, 5.74) is 1.66. The van der Waals surface area contributed by atoms with E-state index in [0.29, 0.717) is 11.1 Å². The molecule has 0 saturated heterocycles. The van der Waals surface area contributed by atoms with Gasteiger partial charge in [-0.2, -0.15) is 0 Å². The van der Waals surface area contributed by atoms with Crippen molar-refractivity contribution in [1.29, 1.82) is 0 Å². The molecule has 0 aliphatic heterocycles. The molecule has 1 aliphatic carbocycles. The van der Waals surface area contributed by atoms with Crippen LogP contribution in [0.4, 0.5) is 0 Å². The summed E-state index contributed by atoms with van der Waals surface area (Å²) in [6.45, 7) is 15.6. The summed E-state index contributed by atoms with van der Waals surface area (Å²) in [4.78, 5) is 0. The molecule has 1 aliphatic rings. The molecule has 1 unspecified atom stereocenters. The van der Waals surface area contributed by atoms with Gasteiger partial charge in [-0.15, -0.1) is 6.58 Å². The SMILES string of the molecule is C=CCC/C1=C/CCCC(O[Si](C)(C)C(C)(C)C)CCCC1. The molecule has 0 radical (unpaired) electrons. The van der Waals surface area contributed by atoms with E-state index in [4.69, 9.17) is 4.43 Å². The minimum atomic E-state index is -1.62. The number of hydrogen-bond acceptors (Lipinski definition) is 1. The van der Waals surface area contributed by atoms with Crippen molar-refractivity contribution in [2.75, 3.05) is 0 Å². The van der Waals surface area contributed by atoms with Gasteiger partial charge in [-0.1, -0.05) is 44.9 Å². The Morgan fingerprint density at radius 1 is 1.23 bits per heavy atom. The van der Waals surface area contributed by atoms with Gasteiger partial charge >= 0.3 is 0 Å². The predicted octanol–water partition coefficient (Wildman–Crippen LogP) is 7.01. The van der Waals surface area contributed by atoms with Crippen LogP contribution in [0.15, 0.2) is 24.3 Å². The Morgan fingerprint density at radius 2 is 1.91 bits per heavy atom. The third kappa shape index (κ3) is 6.83. The van der Waals surface area contributed by atoms with Crippen molar-refractivity contribution < 1.29 is 4.43 Å². The molecule has 0 aromatic rings. The van der Waals surface area contributed by atoms with Crippen molar-refractivity contribution in [3.63, 3.8) is 0 Å². The van der Waals surface area contributed by atoms with Gasteiger partial charge in [0.25, 0.3) is 0 Å². The fourth-order valence-electron chi connectivity index (χ4n) is 2.85. The predicted molar refractivity (Wildman–Crippen MR) is 102 cm³/mol. The summed E-state index contributed by atoms with van der Waals surface area (Å²) in [7, 11) is -1.62. The Bertz CT molecular complexity index is 362. The van der Waals surface area contributed by atoms with E-state index in [1.807, 2.05) is 6.08 Å². The monoisotopic (exact) mass is 322 g/mol. The lowest BCUT2D eigenvalue weighted by atomic mass is 9.96. The lowest BCUT2D eigenvalue weighted by Gasteiger charge is -2.39. The zero-order chi connectivity index (χ0) is 16.6. The van der Waals surface area contributed by atoms with Gasteiger partial charge in [0.1, 0.15) is 0 Å². The van der Waals surface area contributed by atoms with Gasteiger partial charge in [0.05, 0.1) is 0 Å². The first-order chi connectivity index (χ1) is 10.3. The summed E-state index contributed by atoms with van der Waals surface area (Å²) in [5.74, 6) is 0. The van der Waals surface area contributed by atoms with Gasteiger partial charge in [0.2, 0.25) is 0 Å². The van der Waals surface area contributed by atoms with E-state index in [9.17, 15) is 0 Å². The van der Waals surface area contributed by atoms with Crippen LogP contribution in [0.1, 0.15) is 78.6 Å². The smallest absolute Gasteiger partial charge is 0.192 e. The summed E-state index contributed by atoms with van der Waals surface area (Å²) in [6.07, 6.45) is 16.3. The van der Waals surface area contributed by atoms with Crippen molar-refractivity contribution in [3.05, 3.63) is 24.3 Å². The highest BCUT2D eigenvalue weighted by atomic mass is 28.4. The summed E-state index contributed by atoms with van der Waals surface area (Å²) in [6, 6.07) is 0. The topological polar surface area (TPSA) is 9.23 Å². The van der Waals surface area contributed by atoms with Crippen LogP contribution in [0.3, 0.4) is 0 Å². The van der Waals surface area contributed by atoms with Crippen LogP contribution < -0.4 is 0 Å². The van der Waals surface area contributed by atoms with Crippen molar-refractivity contribution >= 4 is 8.32 Å². The fourth-order valence-corrected chi connectivity index (χ4v) is 4.27. The molecule has 1 atom stereocenters. The van der Waals surface area contributed by atoms with Crippen LogP contribution in [0, 0.1) is 0 Å². The van der Waals surface area contributed by atoms with Gasteiger partial charge in [-0.05, 0) is 69.5 Å². The molecule has 1 nitrogen and oxygen atoms in total. The maximum absolute atomic E-state index is 6.67. The van der Waals surface area contributed by atoms with Gasteiger partial charge in [-0.25, -0.2) is 0 Å². The minimum absolute atomic E-state index is 0.320. The second kappa shape index (κ2) is 9.07. The molecule has 0 heterocycles. The van der Waals surface area contributed by atoms with Crippen LogP contribution >= 0.6 is 0 Å². The van der Waals surface area contributed by atoms with Gasteiger partial charge in [-0.3, -0.25) is 0 Å². The highest BCUT2D eigenvalue weighted by Crippen LogP contribution is 2.38. The largest absolute Gasteiger partial charge is 0.414 e. The molecule has 0 fully saturated rings. The molecular formula is C20H38OSi. The van der Waals surface area contributed by atoms with Crippen molar-refractivity contribution in [3.8, 4) is 0 Å². The first-order valence-electron chi connectivity index (χ1n) is 9.23. The Kier molecular flexibility index (Phi) is 8.13. The van der Waals surface area contributed by atoms with Crippen LogP contribution in [0.5, 0.6) is 0 Å². The standard InChI is InChI=1S/C20H38OSi/c1-7-8-13-18-14-9-11-16-19(17-12-10-15-18)21-22(5,6)20(2,3)4/h7,14,19H,1,8-13,15-17H2,2-6H3/b18-14-. The van der Waals surface area contributed by atoms with Gasteiger partial charge in [0, 0.05) is 6.10 Å². The molecule has 22 heavy (non-hydrogen) atoms. The maximum atomic E-state index is 6.67. The van der Waals surface area contributed by atoms with Crippen molar-refractivity contribution in [2.24, 2.45) is 0 Å². The quantitative estimate of drug-likeness (QED) is 0.390. The molecule has 0 N–H and O–H groups in total. The van der Waals surface area contributed by atoms with E-state index in [1.165, 1.54) is 51.4 Å². The van der Waals surface area contributed by atoms with Crippen LogP contribution in [-0.2, 0) is 4.43 Å². The van der Waals surface area contributed by atoms with Crippen molar-refractivity contribution in [1.82, 2.24) is 0 Å². The molecular weight excluding hydrogens is 284 g/mol. The second-order valence-corrected chi connectivity index (χ2v) is 13.1. The zero-order valence-corrected chi connectivity index (χ0v) is 16.7.